The highest BCUT2D eigenvalue weighted by atomic mass is 35.5. The summed E-state index contributed by atoms with van der Waals surface area (Å²) in [5, 5.41) is 2.84. The first-order valence-electron chi connectivity index (χ1n) is 10.7. The standard InChI is InChI=1S/C23H19ClF4N4O3S/c24-19-13-29-16(10-18(19)14-3-8-21(30-11-14)23(26,27)28)12-31-22(33)20-2-1-9-32(20)36(34,35)17-6-4-15(25)5-7-17/h3-8,10-11,13,20H,1-2,9,12H2,(H,31,33)/t20-/m0/s1. The third kappa shape index (κ3) is 5.50. The minimum Gasteiger partial charge on any atom is -0.349 e. The Kier molecular flexibility index (Phi) is 7.30. The topological polar surface area (TPSA) is 92.3 Å². The monoisotopic (exact) mass is 542 g/mol. The summed E-state index contributed by atoms with van der Waals surface area (Å²) in [5.74, 6) is -1.11. The summed E-state index contributed by atoms with van der Waals surface area (Å²) in [4.78, 5) is 20.3. The molecule has 0 radical (unpaired) electrons. The molecule has 3 aromatic rings. The van der Waals surface area contributed by atoms with E-state index in [0.29, 0.717) is 29.7 Å². The van der Waals surface area contributed by atoms with Gasteiger partial charge in [0.15, 0.2) is 0 Å². The van der Waals surface area contributed by atoms with Crippen molar-refractivity contribution < 1.29 is 30.8 Å². The fraction of sp³-hybridized carbons (Fsp3) is 0.261. The van der Waals surface area contributed by atoms with E-state index in [9.17, 15) is 30.8 Å². The van der Waals surface area contributed by atoms with Crippen LogP contribution in [-0.4, -0.2) is 41.2 Å². The van der Waals surface area contributed by atoms with Crippen LogP contribution in [0.5, 0.6) is 0 Å². The van der Waals surface area contributed by atoms with Crippen LogP contribution in [0.25, 0.3) is 11.1 Å². The zero-order valence-electron chi connectivity index (χ0n) is 18.5. The molecule has 1 aliphatic heterocycles. The summed E-state index contributed by atoms with van der Waals surface area (Å²) >= 11 is 6.17. The number of pyridine rings is 2. The Hall–Kier alpha value is -3.09. The van der Waals surface area contributed by atoms with Crippen LogP contribution in [0.4, 0.5) is 17.6 Å². The maximum atomic E-state index is 13.2. The number of benzene rings is 1. The maximum Gasteiger partial charge on any atom is 0.433 e. The molecule has 0 bridgehead atoms. The third-order valence-electron chi connectivity index (χ3n) is 5.65. The molecule has 0 spiro atoms. The predicted molar refractivity (Wildman–Crippen MR) is 123 cm³/mol. The fourth-order valence-corrected chi connectivity index (χ4v) is 5.72. The molecule has 1 aromatic carbocycles. The molecule has 1 atom stereocenters. The highest BCUT2D eigenvalue weighted by Crippen LogP contribution is 2.32. The quantitative estimate of drug-likeness (QED) is 0.465. The second-order valence-electron chi connectivity index (χ2n) is 8.03. The second-order valence-corrected chi connectivity index (χ2v) is 10.3. The molecule has 3 heterocycles. The summed E-state index contributed by atoms with van der Waals surface area (Å²) in [6.07, 6.45) is -1.44. The van der Waals surface area contributed by atoms with E-state index < -0.39 is 39.7 Å². The molecule has 1 fully saturated rings. The van der Waals surface area contributed by atoms with Gasteiger partial charge in [-0.1, -0.05) is 17.7 Å². The summed E-state index contributed by atoms with van der Waals surface area (Å²) in [7, 11) is -4.01. The normalized spacial score (nSPS) is 16.8. The van der Waals surface area contributed by atoms with Gasteiger partial charge in [-0.25, -0.2) is 12.8 Å². The first-order valence-corrected chi connectivity index (χ1v) is 12.5. The van der Waals surface area contributed by atoms with E-state index in [1.807, 2.05) is 0 Å². The van der Waals surface area contributed by atoms with Crippen LogP contribution >= 0.6 is 11.6 Å². The van der Waals surface area contributed by atoms with E-state index in [0.717, 1.165) is 40.8 Å². The number of carbonyl (C=O) groups excluding carboxylic acids is 1. The Morgan fingerprint density at radius 1 is 1.11 bits per heavy atom. The number of alkyl halides is 3. The number of rotatable bonds is 6. The Labute approximate surface area is 209 Å². The zero-order chi connectivity index (χ0) is 26.1. The van der Waals surface area contributed by atoms with Crippen LogP contribution in [0.15, 0.2) is 59.8 Å². The first kappa shape index (κ1) is 26.0. The molecular weight excluding hydrogens is 524 g/mol. The molecule has 7 nitrogen and oxygen atoms in total. The Balaban J connectivity index is 1.47. The molecular formula is C23H19ClF4N4O3S. The van der Waals surface area contributed by atoms with Gasteiger partial charge in [-0.15, -0.1) is 0 Å². The number of halogens is 5. The number of hydrogen-bond donors (Lipinski definition) is 1. The minimum atomic E-state index is -4.58. The van der Waals surface area contributed by atoms with Crippen molar-refractivity contribution in [2.75, 3.05) is 6.54 Å². The molecule has 1 aliphatic rings. The van der Waals surface area contributed by atoms with E-state index in [1.54, 1.807) is 0 Å². The van der Waals surface area contributed by atoms with Gasteiger partial charge in [0, 0.05) is 30.1 Å². The number of hydrogen-bond acceptors (Lipinski definition) is 5. The van der Waals surface area contributed by atoms with Crippen LogP contribution in [0, 0.1) is 5.82 Å². The lowest BCUT2D eigenvalue weighted by molar-refractivity contribution is -0.141. The van der Waals surface area contributed by atoms with Crippen LogP contribution in [-0.2, 0) is 27.5 Å². The van der Waals surface area contributed by atoms with Crippen LogP contribution in [0.2, 0.25) is 5.02 Å². The lowest BCUT2D eigenvalue weighted by Gasteiger charge is -2.23. The fourth-order valence-electron chi connectivity index (χ4n) is 3.85. The highest BCUT2D eigenvalue weighted by molar-refractivity contribution is 7.89. The van der Waals surface area contributed by atoms with Crippen LogP contribution < -0.4 is 5.32 Å². The van der Waals surface area contributed by atoms with Crippen LogP contribution in [0.3, 0.4) is 0 Å². The van der Waals surface area contributed by atoms with Crippen molar-refractivity contribution in [3.05, 3.63) is 77.1 Å². The molecule has 36 heavy (non-hydrogen) atoms. The van der Waals surface area contributed by atoms with Gasteiger partial charge in [-0.2, -0.15) is 17.5 Å². The molecule has 4 rings (SSSR count). The average molecular weight is 543 g/mol. The Morgan fingerprint density at radius 2 is 1.83 bits per heavy atom. The van der Waals surface area contributed by atoms with E-state index >= 15 is 0 Å². The van der Waals surface area contributed by atoms with Crippen molar-refractivity contribution in [3.63, 3.8) is 0 Å². The van der Waals surface area contributed by atoms with Gasteiger partial charge < -0.3 is 5.32 Å². The lowest BCUT2D eigenvalue weighted by Crippen LogP contribution is -2.45. The summed E-state index contributed by atoms with van der Waals surface area (Å²) in [6, 6.07) is 6.99. The average Bonchev–Trinajstić information content (AvgIpc) is 3.34. The Morgan fingerprint density at radius 3 is 2.47 bits per heavy atom. The summed E-state index contributed by atoms with van der Waals surface area (Å²) in [6.45, 7) is 0.0695. The van der Waals surface area contributed by atoms with Gasteiger partial charge in [0.05, 0.1) is 22.2 Å². The number of nitrogens with one attached hydrogen (secondary N) is 1. The number of aromatic nitrogens is 2. The molecule has 1 amide bonds. The SMILES string of the molecule is O=C(NCc1cc(-c2ccc(C(F)(F)F)nc2)c(Cl)cn1)[C@@H]1CCCN1S(=O)(=O)c1ccc(F)cc1. The van der Waals surface area contributed by atoms with Gasteiger partial charge in [-0.05, 0) is 49.2 Å². The van der Waals surface area contributed by atoms with E-state index in [2.05, 4.69) is 15.3 Å². The molecule has 190 valence electrons. The van der Waals surface area contributed by atoms with Gasteiger partial charge in [0.1, 0.15) is 17.6 Å². The molecule has 1 saturated heterocycles. The van der Waals surface area contributed by atoms with E-state index in [-0.39, 0.29) is 23.0 Å². The van der Waals surface area contributed by atoms with Gasteiger partial charge in [-0.3, -0.25) is 14.8 Å². The number of carbonyl (C=O) groups is 1. The predicted octanol–water partition coefficient (Wildman–Crippen LogP) is 4.42. The van der Waals surface area contributed by atoms with E-state index in [1.165, 1.54) is 18.3 Å². The molecule has 1 N–H and O–H groups in total. The van der Waals surface area contributed by atoms with Crippen molar-refractivity contribution in [1.82, 2.24) is 19.6 Å². The van der Waals surface area contributed by atoms with Crippen molar-refractivity contribution >= 4 is 27.5 Å². The van der Waals surface area contributed by atoms with Crippen molar-refractivity contribution in [3.8, 4) is 11.1 Å². The van der Waals surface area contributed by atoms with Gasteiger partial charge >= 0.3 is 6.18 Å². The molecule has 0 aliphatic carbocycles. The number of amides is 1. The molecule has 2 aromatic heterocycles. The van der Waals surface area contributed by atoms with Crippen LogP contribution in [0.1, 0.15) is 24.2 Å². The smallest absolute Gasteiger partial charge is 0.349 e. The minimum absolute atomic E-state index is 0.0714. The maximum absolute atomic E-state index is 13.2. The lowest BCUT2D eigenvalue weighted by atomic mass is 10.1. The second kappa shape index (κ2) is 10.1. The van der Waals surface area contributed by atoms with Crippen molar-refractivity contribution in [2.24, 2.45) is 0 Å². The Bertz CT molecular complexity index is 1370. The summed E-state index contributed by atoms with van der Waals surface area (Å²) < 4.78 is 78.6. The number of nitrogens with zero attached hydrogens (tertiary/aromatic N) is 3. The van der Waals surface area contributed by atoms with Crippen molar-refractivity contribution in [2.45, 2.75) is 36.5 Å². The van der Waals surface area contributed by atoms with Crippen molar-refractivity contribution in [1.29, 1.82) is 0 Å². The molecule has 0 saturated carbocycles. The summed E-state index contributed by atoms with van der Waals surface area (Å²) in [5.41, 5.74) is 0.0167. The van der Waals surface area contributed by atoms with Gasteiger partial charge in [0.25, 0.3) is 0 Å². The zero-order valence-corrected chi connectivity index (χ0v) is 20.0. The molecule has 0 unspecified atom stereocenters. The third-order valence-corrected chi connectivity index (χ3v) is 7.87. The largest absolute Gasteiger partial charge is 0.433 e. The highest BCUT2D eigenvalue weighted by Gasteiger charge is 2.39. The molecule has 13 heteroatoms. The van der Waals surface area contributed by atoms with E-state index in [4.69, 9.17) is 11.6 Å². The number of sulfonamides is 1. The van der Waals surface area contributed by atoms with Gasteiger partial charge in [0.2, 0.25) is 15.9 Å². The first-order chi connectivity index (χ1) is 17.0.